The van der Waals surface area contributed by atoms with Crippen LogP contribution in [0, 0.1) is 5.82 Å². The zero-order valence-electron chi connectivity index (χ0n) is 19.5. The SMILES string of the molecule is COc1cccc(F)c1-c1nccc(C(=O)Nc2ccc3c(ccn3C)c2N2C[C@@H]3C[C@H]2CN3)n1. The normalized spacial score (nSPS) is 18.9. The number of piperazine rings is 1. The van der Waals surface area contributed by atoms with Gasteiger partial charge in [0.25, 0.3) is 5.91 Å². The first kappa shape index (κ1) is 21.5. The molecule has 2 bridgehead atoms. The Hall–Kier alpha value is -3.98. The summed E-state index contributed by atoms with van der Waals surface area (Å²) in [6, 6.07) is 12.9. The smallest absolute Gasteiger partial charge is 0.274 e. The number of carbonyl (C=O) groups excluding carboxylic acids is 1. The van der Waals surface area contributed by atoms with Crippen LogP contribution in [-0.2, 0) is 7.05 Å². The van der Waals surface area contributed by atoms with Crippen LogP contribution < -0.4 is 20.3 Å². The van der Waals surface area contributed by atoms with Crippen LogP contribution in [0.3, 0.4) is 0 Å². The number of fused-ring (bicyclic) bond motifs is 3. The van der Waals surface area contributed by atoms with Crippen molar-refractivity contribution >= 4 is 28.2 Å². The van der Waals surface area contributed by atoms with E-state index in [-0.39, 0.29) is 23.0 Å². The molecule has 6 rings (SSSR count). The molecule has 0 spiro atoms. The first-order valence-corrected chi connectivity index (χ1v) is 11.6. The van der Waals surface area contributed by atoms with Gasteiger partial charge in [0.2, 0.25) is 0 Å². The second kappa shape index (κ2) is 8.35. The predicted molar refractivity (Wildman–Crippen MR) is 132 cm³/mol. The molecule has 0 unspecified atom stereocenters. The lowest BCUT2D eigenvalue weighted by molar-refractivity contribution is 0.102. The van der Waals surface area contributed by atoms with Crippen LogP contribution in [0.5, 0.6) is 5.75 Å². The molecule has 2 aliphatic rings. The van der Waals surface area contributed by atoms with Crippen LogP contribution in [0.2, 0.25) is 0 Å². The second-order valence-electron chi connectivity index (χ2n) is 9.00. The van der Waals surface area contributed by atoms with E-state index < -0.39 is 5.82 Å². The summed E-state index contributed by atoms with van der Waals surface area (Å²) in [4.78, 5) is 24.3. The number of methoxy groups -OCH3 is 1. The number of amides is 1. The maximum atomic E-state index is 14.6. The number of hydrogen-bond donors (Lipinski definition) is 2. The molecule has 2 atom stereocenters. The number of aryl methyl sites for hydroxylation is 1. The molecule has 2 aliphatic heterocycles. The topological polar surface area (TPSA) is 84.3 Å². The molecule has 35 heavy (non-hydrogen) atoms. The van der Waals surface area contributed by atoms with Crippen molar-refractivity contribution in [1.29, 1.82) is 0 Å². The Labute approximate surface area is 201 Å². The van der Waals surface area contributed by atoms with Crippen molar-refractivity contribution in [2.24, 2.45) is 7.05 Å². The van der Waals surface area contributed by atoms with E-state index in [4.69, 9.17) is 4.74 Å². The molecule has 1 amide bonds. The van der Waals surface area contributed by atoms with Crippen molar-refractivity contribution in [3.63, 3.8) is 0 Å². The molecule has 178 valence electrons. The summed E-state index contributed by atoms with van der Waals surface area (Å²) in [5.41, 5.74) is 3.12. The molecule has 9 heteroatoms. The lowest BCUT2D eigenvalue weighted by Crippen LogP contribution is -2.44. The Morgan fingerprint density at radius 1 is 1.23 bits per heavy atom. The number of carbonyl (C=O) groups is 1. The van der Waals surface area contributed by atoms with Gasteiger partial charge in [-0.05, 0) is 42.8 Å². The largest absolute Gasteiger partial charge is 0.496 e. The van der Waals surface area contributed by atoms with E-state index in [0.29, 0.717) is 17.8 Å². The van der Waals surface area contributed by atoms with Crippen molar-refractivity contribution in [1.82, 2.24) is 19.9 Å². The Morgan fingerprint density at radius 3 is 2.89 bits per heavy atom. The van der Waals surface area contributed by atoms with Crippen LogP contribution in [0.4, 0.5) is 15.8 Å². The summed E-state index contributed by atoms with van der Waals surface area (Å²) in [6.45, 7) is 1.83. The maximum Gasteiger partial charge on any atom is 0.274 e. The molecule has 0 radical (unpaired) electrons. The number of halogens is 1. The Kier molecular flexibility index (Phi) is 5.14. The van der Waals surface area contributed by atoms with E-state index in [0.717, 1.165) is 41.8 Å². The third-order valence-electron chi connectivity index (χ3n) is 6.94. The van der Waals surface area contributed by atoms with Gasteiger partial charge in [-0.1, -0.05) is 6.07 Å². The van der Waals surface area contributed by atoms with E-state index in [1.807, 2.05) is 25.4 Å². The van der Waals surface area contributed by atoms with Gasteiger partial charge in [0, 0.05) is 55.5 Å². The highest BCUT2D eigenvalue weighted by Crippen LogP contribution is 2.40. The van der Waals surface area contributed by atoms with Gasteiger partial charge in [0.05, 0.1) is 24.0 Å². The first-order valence-electron chi connectivity index (χ1n) is 11.6. The zero-order valence-corrected chi connectivity index (χ0v) is 19.5. The van der Waals surface area contributed by atoms with Crippen molar-refractivity contribution in [3.8, 4) is 17.1 Å². The molecular formula is C26H25FN6O2. The third-order valence-corrected chi connectivity index (χ3v) is 6.94. The van der Waals surface area contributed by atoms with Crippen molar-refractivity contribution in [2.45, 2.75) is 18.5 Å². The molecule has 2 fully saturated rings. The summed E-state index contributed by atoms with van der Waals surface area (Å²) >= 11 is 0. The molecule has 8 nitrogen and oxygen atoms in total. The van der Waals surface area contributed by atoms with Crippen LogP contribution in [0.25, 0.3) is 22.3 Å². The van der Waals surface area contributed by atoms with E-state index in [9.17, 15) is 9.18 Å². The van der Waals surface area contributed by atoms with Crippen LogP contribution >= 0.6 is 0 Å². The predicted octanol–water partition coefficient (Wildman–Crippen LogP) is 3.59. The summed E-state index contributed by atoms with van der Waals surface area (Å²) in [7, 11) is 3.47. The molecule has 4 heterocycles. The fourth-order valence-corrected chi connectivity index (χ4v) is 5.26. The van der Waals surface area contributed by atoms with Crippen molar-refractivity contribution in [3.05, 3.63) is 66.4 Å². The molecule has 0 aliphatic carbocycles. The number of hydrogen-bond acceptors (Lipinski definition) is 6. The van der Waals surface area contributed by atoms with Crippen LogP contribution in [0.1, 0.15) is 16.9 Å². The highest BCUT2D eigenvalue weighted by Gasteiger charge is 2.39. The standard InChI is InChI=1S/C26H25FN6O2/c1-32-11-9-17-21(32)7-6-19(24(17)33-14-15-12-16(33)13-29-15)31-26(34)20-8-10-28-25(30-20)23-18(27)4-3-5-22(23)35-2/h3-11,15-16,29H,12-14H2,1-2H3,(H,31,34)/t15-,16-/m0/s1. The summed E-state index contributed by atoms with van der Waals surface area (Å²) < 4.78 is 21.9. The molecule has 4 aromatic rings. The minimum absolute atomic E-state index is 0.0919. The average molecular weight is 473 g/mol. The van der Waals surface area contributed by atoms with E-state index in [1.54, 1.807) is 12.1 Å². The Bertz CT molecular complexity index is 1450. The first-order chi connectivity index (χ1) is 17.0. The lowest BCUT2D eigenvalue weighted by Gasteiger charge is -2.32. The number of nitrogens with one attached hydrogen (secondary N) is 2. The number of benzene rings is 2. The monoisotopic (exact) mass is 472 g/mol. The number of ether oxygens (including phenoxy) is 1. The van der Waals surface area contributed by atoms with E-state index in [1.165, 1.54) is 25.4 Å². The quantitative estimate of drug-likeness (QED) is 0.462. The van der Waals surface area contributed by atoms with E-state index in [2.05, 4.69) is 36.1 Å². The van der Waals surface area contributed by atoms with Crippen molar-refractivity contribution < 1.29 is 13.9 Å². The number of aromatic nitrogens is 3. The number of rotatable bonds is 5. The van der Waals surface area contributed by atoms with Crippen LogP contribution in [0.15, 0.2) is 54.9 Å². The molecule has 2 saturated heterocycles. The van der Waals surface area contributed by atoms with E-state index >= 15 is 0 Å². The minimum Gasteiger partial charge on any atom is -0.496 e. The highest BCUT2D eigenvalue weighted by molar-refractivity contribution is 6.09. The van der Waals surface area contributed by atoms with Gasteiger partial charge in [-0.25, -0.2) is 14.4 Å². The number of nitrogens with zero attached hydrogens (tertiary/aromatic N) is 4. The summed E-state index contributed by atoms with van der Waals surface area (Å²) in [5, 5.41) is 7.69. The maximum absolute atomic E-state index is 14.6. The number of anilines is 2. The lowest BCUT2D eigenvalue weighted by atomic mass is 10.1. The second-order valence-corrected chi connectivity index (χ2v) is 9.00. The van der Waals surface area contributed by atoms with Gasteiger partial charge < -0.3 is 24.8 Å². The molecule has 0 saturated carbocycles. The summed E-state index contributed by atoms with van der Waals surface area (Å²) in [5.74, 6) is -0.509. The molecule has 2 N–H and O–H groups in total. The zero-order chi connectivity index (χ0) is 24.1. The van der Waals surface area contributed by atoms with Gasteiger partial charge in [-0.2, -0.15) is 0 Å². The van der Waals surface area contributed by atoms with Gasteiger partial charge in [0.15, 0.2) is 5.82 Å². The molecular weight excluding hydrogens is 447 g/mol. The Balaban J connectivity index is 1.37. The van der Waals surface area contributed by atoms with Crippen LogP contribution in [-0.4, -0.2) is 52.7 Å². The average Bonchev–Trinajstić information content (AvgIpc) is 3.60. The van der Waals surface area contributed by atoms with Gasteiger partial charge >= 0.3 is 0 Å². The third kappa shape index (κ3) is 3.59. The minimum atomic E-state index is -0.517. The fraction of sp³-hybridized carbons (Fsp3) is 0.269. The van der Waals surface area contributed by atoms with Gasteiger partial charge in [-0.15, -0.1) is 0 Å². The molecule has 2 aromatic carbocycles. The van der Waals surface area contributed by atoms with Gasteiger partial charge in [0.1, 0.15) is 17.3 Å². The van der Waals surface area contributed by atoms with Gasteiger partial charge in [-0.3, -0.25) is 4.79 Å². The van der Waals surface area contributed by atoms with Crippen molar-refractivity contribution in [2.75, 3.05) is 30.4 Å². The summed E-state index contributed by atoms with van der Waals surface area (Å²) in [6.07, 6.45) is 4.58. The fourth-order valence-electron chi connectivity index (χ4n) is 5.26. The highest BCUT2D eigenvalue weighted by atomic mass is 19.1. The Morgan fingerprint density at radius 2 is 2.11 bits per heavy atom. The molecule has 2 aromatic heterocycles.